The van der Waals surface area contributed by atoms with Gasteiger partial charge in [0.25, 0.3) is 0 Å². The number of carbonyl (C=O) groups excluding carboxylic acids is 1. The van der Waals surface area contributed by atoms with Crippen LogP contribution >= 0.6 is 0 Å². The molecule has 3 rings (SSSR count). The zero-order valence-corrected chi connectivity index (χ0v) is 15.7. The molecule has 0 bridgehead atoms. The Morgan fingerprint density at radius 1 is 1.17 bits per heavy atom. The van der Waals surface area contributed by atoms with Gasteiger partial charge in [-0.2, -0.15) is 0 Å². The molecule has 1 aliphatic carbocycles. The number of hydrogen-bond donors (Lipinski definition) is 2. The lowest BCUT2D eigenvalue weighted by Gasteiger charge is -2.30. The largest absolute Gasteiger partial charge is 0.573 e. The van der Waals surface area contributed by atoms with Crippen LogP contribution in [0.15, 0.2) is 36.5 Å². The fourth-order valence-electron chi connectivity index (χ4n) is 3.52. The number of ether oxygens (including phenoxy) is 1. The zero-order chi connectivity index (χ0) is 21.0. The molecule has 1 heterocycles. The number of hydrogen-bond acceptors (Lipinski definition) is 4. The van der Waals surface area contributed by atoms with Crippen LogP contribution in [0, 0.1) is 5.82 Å². The van der Waals surface area contributed by atoms with Gasteiger partial charge in [0, 0.05) is 36.5 Å². The maximum Gasteiger partial charge on any atom is 0.573 e. The molecule has 0 aliphatic heterocycles. The van der Waals surface area contributed by atoms with E-state index in [2.05, 4.69) is 20.4 Å². The number of nitrogens with zero attached hydrogens (tertiary/aromatic N) is 1. The summed E-state index contributed by atoms with van der Waals surface area (Å²) in [6.45, 7) is 1.50. The van der Waals surface area contributed by atoms with Crippen molar-refractivity contribution in [3.05, 3.63) is 42.3 Å². The van der Waals surface area contributed by atoms with Crippen molar-refractivity contribution in [1.82, 2.24) is 10.3 Å². The second-order valence-corrected chi connectivity index (χ2v) is 7.03. The smallest absolute Gasteiger partial charge is 0.403 e. The molecule has 1 aromatic carbocycles. The Bertz CT molecular complexity index is 873. The van der Waals surface area contributed by atoms with Crippen LogP contribution in [0.3, 0.4) is 0 Å². The summed E-state index contributed by atoms with van der Waals surface area (Å²) >= 11 is 0. The number of benzene rings is 1. The fraction of sp³-hybridized carbons (Fsp3) is 0.400. The molecular formula is C20H21F4N3O2. The third-order valence-corrected chi connectivity index (χ3v) is 4.67. The van der Waals surface area contributed by atoms with E-state index in [0.717, 1.165) is 43.5 Å². The van der Waals surface area contributed by atoms with Crippen LogP contribution in [0.5, 0.6) is 5.75 Å². The number of halogens is 4. The van der Waals surface area contributed by atoms with Gasteiger partial charge in [0.2, 0.25) is 5.91 Å². The first-order chi connectivity index (χ1) is 13.7. The highest BCUT2D eigenvalue weighted by atomic mass is 19.4. The van der Waals surface area contributed by atoms with Crippen molar-refractivity contribution in [2.45, 2.75) is 51.1 Å². The number of amides is 1. The van der Waals surface area contributed by atoms with Gasteiger partial charge >= 0.3 is 6.36 Å². The van der Waals surface area contributed by atoms with Crippen LogP contribution in [0.25, 0.3) is 11.3 Å². The van der Waals surface area contributed by atoms with Crippen LogP contribution in [-0.2, 0) is 4.79 Å². The number of rotatable bonds is 5. The Kier molecular flexibility index (Phi) is 6.24. The van der Waals surface area contributed by atoms with Gasteiger partial charge in [-0.15, -0.1) is 13.2 Å². The second-order valence-electron chi connectivity index (χ2n) is 7.03. The molecule has 1 fully saturated rings. The van der Waals surface area contributed by atoms with E-state index in [1.54, 1.807) is 18.3 Å². The standard InChI is InChI=1S/C20H21F4N3O2/c1-12(28)26-14-3-2-4-15(10-14)27-16-7-8-25-18(11-16)13-5-6-19(17(21)9-13)29-20(22,23)24/h5-9,11,14-15H,2-4,10H2,1H3,(H,25,27)(H,26,28). The van der Waals surface area contributed by atoms with E-state index >= 15 is 0 Å². The summed E-state index contributed by atoms with van der Waals surface area (Å²) < 4.78 is 54.5. The lowest BCUT2D eigenvalue weighted by Crippen LogP contribution is -2.40. The average molecular weight is 411 g/mol. The molecule has 156 valence electrons. The van der Waals surface area contributed by atoms with E-state index in [0.29, 0.717) is 11.3 Å². The number of aromatic nitrogens is 1. The quantitative estimate of drug-likeness (QED) is 0.704. The molecule has 2 aromatic rings. The molecule has 29 heavy (non-hydrogen) atoms. The van der Waals surface area contributed by atoms with E-state index in [1.165, 1.54) is 13.0 Å². The lowest BCUT2D eigenvalue weighted by atomic mass is 9.90. The molecule has 1 saturated carbocycles. The second kappa shape index (κ2) is 8.67. The van der Waals surface area contributed by atoms with Gasteiger partial charge < -0.3 is 15.4 Å². The summed E-state index contributed by atoms with van der Waals surface area (Å²) in [5.74, 6) is -2.06. The van der Waals surface area contributed by atoms with Crippen molar-refractivity contribution in [2.75, 3.05) is 5.32 Å². The van der Waals surface area contributed by atoms with Gasteiger partial charge in [0.05, 0.1) is 5.69 Å². The number of anilines is 1. The maximum atomic E-state index is 14.0. The number of nitrogens with one attached hydrogen (secondary N) is 2. The van der Waals surface area contributed by atoms with Crippen molar-refractivity contribution in [3.8, 4) is 17.0 Å². The van der Waals surface area contributed by atoms with E-state index < -0.39 is 17.9 Å². The molecular weight excluding hydrogens is 390 g/mol. The molecule has 0 radical (unpaired) electrons. The molecule has 1 amide bonds. The van der Waals surface area contributed by atoms with Crippen LogP contribution in [0.2, 0.25) is 0 Å². The first-order valence-electron chi connectivity index (χ1n) is 9.25. The molecule has 2 N–H and O–H groups in total. The topological polar surface area (TPSA) is 63.2 Å². The molecule has 1 aromatic heterocycles. The normalized spacial score (nSPS) is 19.5. The molecule has 0 spiro atoms. The van der Waals surface area contributed by atoms with E-state index in [4.69, 9.17) is 0 Å². The van der Waals surface area contributed by atoms with Crippen molar-refractivity contribution >= 4 is 11.6 Å². The van der Waals surface area contributed by atoms with Crippen LogP contribution in [-0.4, -0.2) is 29.3 Å². The monoisotopic (exact) mass is 411 g/mol. The van der Waals surface area contributed by atoms with Crippen molar-refractivity contribution in [2.24, 2.45) is 0 Å². The Morgan fingerprint density at radius 3 is 2.62 bits per heavy atom. The van der Waals surface area contributed by atoms with E-state index in [9.17, 15) is 22.4 Å². The minimum Gasteiger partial charge on any atom is -0.403 e. The summed E-state index contributed by atoms with van der Waals surface area (Å²) in [4.78, 5) is 15.4. The molecule has 2 atom stereocenters. The number of pyridine rings is 1. The van der Waals surface area contributed by atoms with Crippen LogP contribution in [0.1, 0.15) is 32.6 Å². The highest BCUT2D eigenvalue weighted by Crippen LogP contribution is 2.30. The Labute approximate surface area is 165 Å². The van der Waals surface area contributed by atoms with E-state index in [1.807, 2.05) is 0 Å². The van der Waals surface area contributed by atoms with Gasteiger partial charge in [0.15, 0.2) is 11.6 Å². The molecule has 1 aliphatic rings. The molecule has 9 heteroatoms. The average Bonchev–Trinajstić information content (AvgIpc) is 2.62. The van der Waals surface area contributed by atoms with Gasteiger partial charge in [-0.05, 0) is 56.0 Å². The number of carbonyl (C=O) groups is 1. The van der Waals surface area contributed by atoms with Crippen molar-refractivity contribution in [3.63, 3.8) is 0 Å². The Morgan fingerprint density at radius 2 is 1.93 bits per heavy atom. The fourth-order valence-corrected chi connectivity index (χ4v) is 3.52. The molecule has 0 saturated heterocycles. The summed E-state index contributed by atoms with van der Waals surface area (Å²) in [7, 11) is 0. The predicted molar refractivity (Wildman–Crippen MR) is 99.8 cm³/mol. The zero-order valence-electron chi connectivity index (χ0n) is 15.7. The van der Waals surface area contributed by atoms with Gasteiger partial charge in [-0.3, -0.25) is 9.78 Å². The van der Waals surface area contributed by atoms with Gasteiger partial charge in [-0.1, -0.05) is 0 Å². The first-order valence-corrected chi connectivity index (χ1v) is 9.25. The third-order valence-electron chi connectivity index (χ3n) is 4.67. The summed E-state index contributed by atoms with van der Waals surface area (Å²) in [6, 6.07) is 6.97. The minimum absolute atomic E-state index is 0.0539. The molecule has 5 nitrogen and oxygen atoms in total. The molecule has 2 unspecified atom stereocenters. The Hall–Kier alpha value is -2.84. The first kappa shape index (κ1) is 20.9. The van der Waals surface area contributed by atoms with Crippen molar-refractivity contribution in [1.29, 1.82) is 0 Å². The predicted octanol–water partition coefficient (Wildman–Crippen LogP) is 4.65. The summed E-state index contributed by atoms with van der Waals surface area (Å²) in [5, 5.41) is 6.33. The highest BCUT2D eigenvalue weighted by molar-refractivity contribution is 5.73. The SMILES string of the molecule is CC(=O)NC1CCCC(Nc2ccnc(-c3ccc(OC(F)(F)F)c(F)c3)c2)C1. The lowest BCUT2D eigenvalue weighted by molar-refractivity contribution is -0.275. The van der Waals surface area contributed by atoms with E-state index in [-0.39, 0.29) is 18.0 Å². The van der Waals surface area contributed by atoms with Crippen LogP contribution < -0.4 is 15.4 Å². The summed E-state index contributed by atoms with van der Waals surface area (Å²) in [5.41, 5.74) is 1.52. The third kappa shape index (κ3) is 6.07. The number of alkyl halides is 3. The highest BCUT2D eigenvalue weighted by Gasteiger charge is 2.32. The maximum absolute atomic E-state index is 14.0. The minimum atomic E-state index is -4.96. The van der Waals surface area contributed by atoms with Crippen molar-refractivity contribution < 1.29 is 27.1 Å². The Balaban J connectivity index is 1.71. The summed E-state index contributed by atoms with van der Waals surface area (Å²) in [6.07, 6.45) is 0.238. The van der Waals surface area contributed by atoms with Gasteiger partial charge in [0.1, 0.15) is 0 Å². The van der Waals surface area contributed by atoms with Crippen LogP contribution in [0.4, 0.5) is 23.2 Å². The van der Waals surface area contributed by atoms with Gasteiger partial charge in [-0.25, -0.2) is 4.39 Å².